The molecule has 1 aliphatic carbocycles. The predicted octanol–water partition coefficient (Wildman–Crippen LogP) is 4.94. The van der Waals surface area contributed by atoms with E-state index in [1.165, 1.54) is 12.1 Å². The highest BCUT2D eigenvalue weighted by Crippen LogP contribution is 2.31. The number of anilines is 2. The molecule has 3 amide bonds. The highest BCUT2D eigenvalue weighted by atomic mass is 19.1. The van der Waals surface area contributed by atoms with Gasteiger partial charge < -0.3 is 20.7 Å². The van der Waals surface area contributed by atoms with E-state index in [1.807, 2.05) is 13.8 Å². The van der Waals surface area contributed by atoms with E-state index in [2.05, 4.69) is 30.9 Å². The van der Waals surface area contributed by atoms with Gasteiger partial charge in [-0.15, -0.1) is 0 Å². The van der Waals surface area contributed by atoms with Crippen molar-refractivity contribution in [2.45, 2.75) is 45.6 Å². The molecule has 1 saturated carbocycles. The second-order valence-corrected chi connectivity index (χ2v) is 9.70. The fourth-order valence-electron chi connectivity index (χ4n) is 3.64. The number of amides is 3. The maximum atomic E-state index is 14.7. The zero-order valence-corrected chi connectivity index (χ0v) is 21.4. The smallest absolute Gasteiger partial charge is 0.319 e. The van der Waals surface area contributed by atoms with Gasteiger partial charge in [-0.1, -0.05) is 0 Å². The zero-order chi connectivity index (χ0) is 26.6. The zero-order valence-electron chi connectivity index (χ0n) is 21.4. The summed E-state index contributed by atoms with van der Waals surface area (Å²) in [5, 5.41) is 8.13. The lowest BCUT2D eigenvalue weighted by Crippen LogP contribution is -2.34. The van der Waals surface area contributed by atoms with Gasteiger partial charge >= 0.3 is 6.03 Å². The molecule has 10 heteroatoms. The quantitative estimate of drug-likeness (QED) is 0.378. The molecule has 194 valence electrons. The molecular formula is C27H31FN6O3. The van der Waals surface area contributed by atoms with Crippen molar-refractivity contribution in [3.8, 4) is 22.6 Å². The third-order valence-electron chi connectivity index (χ3n) is 6.28. The standard InChI is InChI=1S/C27H31FN6O3/c1-16-13-20(28)22(33-26(36)31-12-9-27(2,3)37-4)15-19(16)24-30-11-8-21(32-24)18-7-10-29-23(14-18)34-25(35)17-5-6-17/h7-8,10-11,13-15,17H,5-6,9,12H2,1-4H3,(H,29,34,35)(H2,31,33,36). The number of carbonyl (C=O) groups is 2. The summed E-state index contributed by atoms with van der Waals surface area (Å²) in [6, 6.07) is 7.64. The van der Waals surface area contributed by atoms with Crippen LogP contribution in [-0.4, -0.2) is 46.1 Å². The van der Waals surface area contributed by atoms with Crippen LogP contribution in [0.4, 0.5) is 20.7 Å². The van der Waals surface area contributed by atoms with Crippen molar-refractivity contribution in [2.75, 3.05) is 24.3 Å². The molecule has 0 bridgehead atoms. The number of urea groups is 1. The highest BCUT2D eigenvalue weighted by Gasteiger charge is 2.29. The molecule has 0 atom stereocenters. The number of hydrogen-bond acceptors (Lipinski definition) is 6. The van der Waals surface area contributed by atoms with Crippen LogP contribution < -0.4 is 16.0 Å². The number of aromatic nitrogens is 3. The summed E-state index contributed by atoms with van der Waals surface area (Å²) in [7, 11) is 1.61. The predicted molar refractivity (Wildman–Crippen MR) is 139 cm³/mol. The molecule has 2 heterocycles. The van der Waals surface area contributed by atoms with Crippen molar-refractivity contribution in [2.24, 2.45) is 5.92 Å². The Balaban J connectivity index is 1.52. The lowest BCUT2D eigenvalue weighted by Gasteiger charge is -2.22. The van der Waals surface area contributed by atoms with Gasteiger partial charge in [-0.2, -0.15) is 0 Å². The van der Waals surface area contributed by atoms with Crippen LogP contribution in [0, 0.1) is 18.7 Å². The van der Waals surface area contributed by atoms with Crippen molar-refractivity contribution in [3.63, 3.8) is 0 Å². The summed E-state index contributed by atoms with van der Waals surface area (Å²) in [6.07, 6.45) is 5.63. The molecule has 0 aliphatic heterocycles. The van der Waals surface area contributed by atoms with E-state index in [4.69, 9.17) is 4.74 Å². The Hall–Kier alpha value is -3.92. The largest absolute Gasteiger partial charge is 0.379 e. The van der Waals surface area contributed by atoms with E-state index < -0.39 is 11.8 Å². The van der Waals surface area contributed by atoms with Gasteiger partial charge in [-0.3, -0.25) is 4.79 Å². The first-order valence-electron chi connectivity index (χ1n) is 12.2. The van der Waals surface area contributed by atoms with Gasteiger partial charge in [-0.05, 0) is 75.9 Å². The summed E-state index contributed by atoms with van der Waals surface area (Å²) in [5.74, 6) is 0.315. The van der Waals surface area contributed by atoms with Crippen LogP contribution in [0.1, 0.15) is 38.7 Å². The number of halogens is 1. The van der Waals surface area contributed by atoms with Crippen molar-refractivity contribution in [1.29, 1.82) is 0 Å². The van der Waals surface area contributed by atoms with Crippen molar-refractivity contribution >= 4 is 23.4 Å². The van der Waals surface area contributed by atoms with E-state index in [-0.39, 0.29) is 23.1 Å². The number of ether oxygens (including phenoxy) is 1. The van der Waals surface area contributed by atoms with Gasteiger partial charge in [0, 0.05) is 43.1 Å². The van der Waals surface area contributed by atoms with Crippen LogP contribution >= 0.6 is 0 Å². The molecule has 1 aromatic carbocycles. The van der Waals surface area contributed by atoms with Gasteiger partial charge in [0.15, 0.2) is 5.82 Å². The number of methoxy groups -OCH3 is 1. The fourth-order valence-corrected chi connectivity index (χ4v) is 3.64. The first-order valence-corrected chi connectivity index (χ1v) is 12.2. The van der Waals surface area contributed by atoms with Gasteiger partial charge in [-0.25, -0.2) is 24.1 Å². The van der Waals surface area contributed by atoms with Crippen LogP contribution in [0.3, 0.4) is 0 Å². The number of hydrogen-bond donors (Lipinski definition) is 3. The van der Waals surface area contributed by atoms with Crippen molar-refractivity contribution in [3.05, 3.63) is 54.1 Å². The molecular weight excluding hydrogens is 475 g/mol. The monoisotopic (exact) mass is 506 g/mol. The Labute approximate surface area is 215 Å². The molecule has 0 unspecified atom stereocenters. The van der Waals surface area contributed by atoms with E-state index in [9.17, 15) is 14.0 Å². The highest BCUT2D eigenvalue weighted by molar-refractivity contribution is 5.93. The summed E-state index contributed by atoms with van der Waals surface area (Å²) < 4.78 is 20.0. The summed E-state index contributed by atoms with van der Waals surface area (Å²) in [6.45, 7) is 5.96. The number of nitrogens with zero attached hydrogens (tertiary/aromatic N) is 3. The van der Waals surface area contributed by atoms with E-state index in [0.717, 1.165) is 18.4 Å². The van der Waals surface area contributed by atoms with E-state index in [1.54, 1.807) is 44.6 Å². The minimum absolute atomic E-state index is 0.0205. The molecule has 37 heavy (non-hydrogen) atoms. The topological polar surface area (TPSA) is 118 Å². The van der Waals surface area contributed by atoms with E-state index in [0.29, 0.717) is 41.4 Å². The molecule has 0 spiro atoms. The minimum Gasteiger partial charge on any atom is -0.379 e. The SMILES string of the molecule is COC(C)(C)CCNC(=O)Nc1cc(-c2nccc(-c3ccnc(NC(=O)C4CC4)c3)n2)c(C)cc1F. The number of aryl methyl sites for hydroxylation is 1. The number of carbonyl (C=O) groups excluding carboxylic acids is 2. The molecule has 9 nitrogen and oxygen atoms in total. The normalized spacial score (nSPS) is 13.2. The Bertz CT molecular complexity index is 1310. The molecule has 0 saturated heterocycles. The van der Waals surface area contributed by atoms with Gasteiger partial charge in [0.2, 0.25) is 5.91 Å². The third-order valence-corrected chi connectivity index (χ3v) is 6.28. The molecule has 4 rings (SSSR count). The molecule has 1 fully saturated rings. The summed E-state index contributed by atoms with van der Waals surface area (Å²) >= 11 is 0. The first-order chi connectivity index (χ1) is 17.6. The summed E-state index contributed by atoms with van der Waals surface area (Å²) in [5.41, 5.74) is 2.21. The number of benzene rings is 1. The Morgan fingerprint density at radius 1 is 1.11 bits per heavy atom. The molecule has 3 N–H and O–H groups in total. The van der Waals surface area contributed by atoms with Crippen LogP contribution in [-0.2, 0) is 9.53 Å². The minimum atomic E-state index is -0.560. The first kappa shape index (κ1) is 26.2. The summed E-state index contributed by atoms with van der Waals surface area (Å²) in [4.78, 5) is 37.7. The van der Waals surface area contributed by atoms with E-state index >= 15 is 0 Å². The second-order valence-electron chi connectivity index (χ2n) is 9.70. The average Bonchev–Trinajstić information content (AvgIpc) is 3.72. The fraction of sp³-hybridized carbons (Fsp3) is 0.370. The molecule has 3 aromatic rings. The number of pyridine rings is 1. The Kier molecular flexibility index (Phi) is 7.77. The number of nitrogens with one attached hydrogen (secondary N) is 3. The second kappa shape index (κ2) is 11.0. The number of rotatable bonds is 9. The van der Waals surface area contributed by atoms with Crippen molar-refractivity contribution in [1.82, 2.24) is 20.3 Å². The maximum Gasteiger partial charge on any atom is 0.319 e. The Morgan fingerprint density at radius 2 is 1.86 bits per heavy atom. The molecule has 0 radical (unpaired) electrons. The van der Waals surface area contributed by atoms with Crippen LogP contribution in [0.25, 0.3) is 22.6 Å². The molecule has 2 aromatic heterocycles. The Morgan fingerprint density at radius 3 is 2.59 bits per heavy atom. The van der Waals surface area contributed by atoms with Crippen LogP contribution in [0.2, 0.25) is 0 Å². The lowest BCUT2D eigenvalue weighted by atomic mass is 10.1. The van der Waals surface area contributed by atoms with Crippen molar-refractivity contribution < 1.29 is 18.7 Å². The van der Waals surface area contributed by atoms with Crippen LogP contribution in [0.15, 0.2) is 42.7 Å². The average molecular weight is 507 g/mol. The molecule has 1 aliphatic rings. The third kappa shape index (κ3) is 6.85. The van der Waals surface area contributed by atoms with Gasteiger partial charge in [0.05, 0.1) is 17.0 Å². The van der Waals surface area contributed by atoms with Gasteiger partial charge in [0.25, 0.3) is 0 Å². The van der Waals surface area contributed by atoms with Gasteiger partial charge in [0.1, 0.15) is 11.6 Å². The lowest BCUT2D eigenvalue weighted by molar-refractivity contribution is -0.117. The van der Waals surface area contributed by atoms with Crippen LogP contribution in [0.5, 0.6) is 0 Å². The maximum absolute atomic E-state index is 14.7.